The number of carbonyl (C=O) groups is 8. The number of nitrogens with zero attached hydrogens (tertiary/aromatic N) is 2. The lowest BCUT2D eigenvalue weighted by molar-refractivity contribution is -0.150. The van der Waals surface area contributed by atoms with Crippen LogP contribution in [0.4, 0.5) is 0 Å². The lowest BCUT2D eigenvalue weighted by atomic mass is 9.96. The fraction of sp³-hybridized carbons (Fsp3) is 0.467. The fourth-order valence-corrected chi connectivity index (χ4v) is 10.6. The largest absolute Gasteiger partial charge is 0.508 e. The number of ether oxygens (including phenoxy) is 2. The molecule has 3 aliphatic heterocycles. The molecule has 7 rings (SSSR count). The molecule has 8 amide bonds. The summed E-state index contributed by atoms with van der Waals surface area (Å²) in [7, 11) is 0. The molecule has 0 aromatic heterocycles. The second-order valence-electron chi connectivity index (χ2n) is 21.8. The van der Waals surface area contributed by atoms with Gasteiger partial charge in [0, 0.05) is 38.0 Å². The van der Waals surface area contributed by atoms with E-state index in [0.717, 1.165) is 82.7 Å². The molecular formula is C60H77N9O18. The van der Waals surface area contributed by atoms with Crippen LogP contribution in [0.25, 0.3) is 22.3 Å². The first kappa shape index (κ1) is 66.4. The maximum Gasteiger partial charge on any atom is 0.251 e. The number of amides is 8. The molecule has 4 aromatic rings. The molecule has 17 N–H and O–H groups in total. The highest BCUT2D eigenvalue weighted by molar-refractivity contribution is 6.00. The average Bonchev–Trinajstić information content (AvgIpc) is 2.47. The van der Waals surface area contributed by atoms with Gasteiger partial charge in [0.2, 0.25) is 41.4 Å². The number of benzene rings is 4. The monoisotopic (exact) mass is 1210 g/mol. The van der Waals surface area contributed by atoms with Gasteiger partial charge in [-0.3, -0.25) is 38.4 Å². The number of carbonyl (C=O) groups excluding carboxylic acids is 8. The number of hydrogen-bond donors (Lipinski definition) is 15. The first-order valence-electron chi connectivity index (χ1n) is 28.7. The number of hydrogen-bond acceptors (Lipinski definition) is 19. The smallest absolute Gasteiger partial charge is 0.251 e. The third kappa shape index (κ3) is 16.9. The fourth-order valence-electron chi connectivity index (χ4n) is 10.6. The van der Waals surface area contributed by atoms with Crippen molar-refractivity contribution in [2.75, 3.05) is 32.8 Å². The Labute approximate surface area is 501 Å². The highest BCUT2D eigenvalue weighted by atomic mass is 16.5. The molecule has 3 saturated heterocycles. The maximum absolute atomic E-state index is 14.7. The second-order valence-corrected chi connectivity index (χ2v) is 21.8. The van der Waals surface area contributed by atoms with Crippen LogP contribution in [0.5, 0.6) is 11.5 Å². The number of aliphatic hydroxyl groups is 7. The molecule has 3 heterocycles. The van der Waals surface area contributed by atoms with Crippen molar-refractivity contribution in [3.05, 3.63) is 108 Å². The molecule has 0 aliphatic carbocycles. The van der Waals surface area contributed by atoms with Gasteiger partial charge in [-0.05, 0) is 84.0 Å². The van der Waals surface area contributed by atoms with Crippen molar-refractivity contribution in [2.24, 2.45) is 11.5 Å². The number of aliphatic hydroxyl groups excluding tert-OH is 7. The molecular weight excluding hydrogens is 1130 g/mol. The van der Waals surface area contributed by atoms with E-state index in [1.807, 2.05) is 48.5 Å². The van der Waals surface area contributed by atoms with Gasteiger partial charge < -0.3 is 98.2 Å². The summed E-state index contributed by atoms with van der Waals surface area (Å²) >= 11 is 0. The van der Waals surface area contributed by atoms with Gasteiger partial charge in [0.15, 0.2) is 6.23 Å². The van der Waals surface area contributed by atoms with Crippen molar-refractivity contribution in [1.82, 2.24) is 36.4 Å². The average molecular weight is 1210 g/mol. The number of nitrogens with one attached hydrogen (secondary N) is 5. The molecule has 0 radical (unpaired) electrons. The number of unbranched alkanes of at least 4 members (excludes halogenated alkanes) is 2. The van der Waals surface area contributed by atoms with Gasteiger partial charge in [0.05, 0.1) is 44.1 Å². The Bertz CT molecular complexity index is 3030. The van der Waals surface area contributed by atoms with Gasteiger partial charge in [-0.2, -0.15) is 0 Å². The molecule has 3 aliphatic rings. The summed E-state index contributed by atoms with van der Waals surface area (Å²) in [4.78, 5) is 115. The first-order valence-corrected chi connectivity index (χ1v) is 28.7. The highest BCUT2D eigenvalue weighted by Gasteiger charge is 2.49. The summed E-state index contributed by atoms with van der Waals surface area (Å²) in [6.07, 6.45) is -15.0. The predicted octanol–water partition coefficient (Wildman–Crippen LogP) is -2.33. The van der Waals surface area contributed by atoms with Crippen molar-refractivity contribution in [2.45, 2.75) is 144 Å². The highest BCUT2D eigenvalue weighted by Crippen LogP contribution is 2.29. The Morgan fingerprint density at radius 3 is 1.84 bits per heavy atom. The van der Waals surface area contributed by atoms with Crippen LogP contribution in [-0.4, -0.2) is 210 Å². The van der Waals surface area contributed by atoms with Crippen LogP contribution in [0.2, 0.25) is 0 Å². The molecule has 14 unspecified atom stereocenters. The zero-order valence-corrected chi connectivity index (χ0v) is 48.0. The zero-order valence-electron chi connectivity index (χ0n) is 48.0. The van der Waals surface area contributed by atoms with Crippen LogP contribution < -0.4 is 42.8 Å². The van der Waals surface area contributed by atoms with Crippen LogP contribution in [0.15, 0.2) is 97.1 Å². The number of nitrogens with two attached hydrogens (primary N) is 2. The zero-order chi connectivity index (χ0) is 63.2. The SMILES string of the molecule is CCCCCOc1ccc(-c2ccc(-c3ccc(C(=O)NC4CC(O)C(OCCN)NC(=O)C5C(O)CCN5C(=O)C(C(O)CC(N)=O)NC(=O)C(C(O)C(O)c5ccc(O)cc5)NC(=O)C5CC(O)CN5C(=O)C(C(C)O)NC4=O)cc3)cc2)cc1. The van der Waals surface area contributed by atoms with E-state index in [1.165, 1.54) is 12.1 Å². The molecule has 0 spiro atoms. The Morgan fingerprint density at radius 1 is 0.678 bits per heavy atom. The second kappa shape index (κ2) is 30.5. The standard InChI is InChI=1S/C60H77N9O18/c1-3-4-5-25-86-40-20-16-35(17-21-40)33-8-6-32(7-9-33)34-10-12-37(13-11-34)53(79)63-41-28-45(75)58(87-26-23-61)67-57(83)50-43(73)22-24-68(50)60(85)48(44(74)29-46(62)76)65-56(82)49(52(78)51(77)36-14-18-38(71)19-15-36)66-55(81)42-27-39(72)30-69(42)59(84)47(31(2)70)64-54(41)80/h6-21,31,39,41-45,47-52,58,70-75,77-78H,3-5,22-30,61H2,1-2H3,(H2,62,76)(H,63,79)(H,64,80)(H,65,82)(H,66,81)(H,67,83). The predicted molar refractivity (Wildman–Crippen MR) is 310 cm³/mol. The molecule has 3 fully saturated rings. The maximum atomic E-state index is 14.7. The van der Waals surface area contributed by atoms with Crippen LogP contribution in [0.1, 0.15) is 80.8 Å². The quantitative estimate of drug-likeness (QED) is 0.0438. The number of primary amides is 1. The Morgan fingerprint density at radius 2 is 1.25 bits per heavy atom. The number of rotatable bonds is 19. The van der Waals surface area contributed by atoms with E-state index in [-0.39, 0.29) is 36.4 Å². The molecule has 0 bridgehead atoms. The molecule has 470 valence electrons. The van der Waals surface area contributed by atoms with E-state index in [1.54, 1.807) is 12.1 Å². The van der Waals surface area contributed by atoms with Crippen molar-refractivity contribution in [3.63, 3.8) is 0 Å². The van der Waals surface area contributed by atoms with E-state index in [0.29, 0.717) is 12.2 Å². The topological polar surface area (TPSA) is 436 Å². The number of phenolic OH excluding ortho intramolecular Hbond substituents is 1. The van der Waals surface area contributed by atoms with Gasteiger partial charge in [-0.25, -0.2) is 0 Å². The summed E-state index contributed by atoms with van der Waals surface area (Å²) in [6.45, 7) is 2.22. The summed E-state index contributed by atoms with van der Waals surface area (Å²) in [5.74, 6) is -9.34. The first-order chi connectivity index (χ1) is 41.5. The van der Waals surface area contributed by atoms with Gasteiger partial charge in [0.1, 0.15) is 66.1 Å². The van der Waals surface area contributed by atoms with Crippen LogP contribution in [-0.2, 0) is 38.3 Å². The van der Waals surface area contributed by atoms with Crippen LogP contribution in [0.3, 0.4) is 0 Å². The minimum Gasteiger partial charge on any atom is -0.508 e. The van der Waals surface area contributed by atoms with Crippen molar-refractivity contribution in [1.29, 1.82) is 0 Å². The van der Waals surface area contributed by atoms with Crippen molar-refractivity contribution >= 4 is 47.3 Å². The number of fused-ring (bicyclic) bond motifs is 2. The summed E-state index contributed by atoms with van der Waals surface area (Å²) < 4.78 is 11.6. The van der Waals surface area contributed by atoms with Gasteiger partial charge in [-0.15, -0.1) is 0 Å². The number of phenols is 1. The van der Waals surface area contributed by atoms with Gasteiger partial charge >= 0.3 is 0 Å². The minimum absolute atomic E-state index is 0.00975. The lowest BCUT2D eigenvalue weighted by Gasteiger charge is -2.34. The molecule has 0 saturated carbocycles. The van der Waals surface area contributed by atoms with Gasteiger partial charge in [0.25, 0.3) is 5.91 Å². The summed E-state index contributed by atoms with van der Waals surface area (Å²) in [6, 6.07) is 14.1. The van der Waals surface area contributed by atoms with Crippen LogP contribution >= 0.6 is 0 Å². The van der Waals surface area contributed by atoms with Crippen LogP contribution in [0, 0.1) is 0 Å². The third-order valence-corrected chi connectivity index (χ3v) is 15.4. The molecule has 87 heavy (non-hydrogen) atoms. The van der Waals surface area contributed by atoms with Crippen molar-refractivity contribution < 1.29 is 88.7 Å². The Hall–Kier alpha value is -8.12. The van der Waals surface area contributed by atoms with E-state index in [4.69, 9.17) is 20.9 Å². The Kier molecular flexibility index (Phi) is 23.3. The lowest BCUT2D eigenvalue weighted by Crippen LogP contribution is -2.64. The van der Waals surface area contributed by atoms with E-state index in [9.17, 15) is 79.2 Å². The van der Waals surface area contributed by atoms with E-state index >= 15 is 0 Å². The Balaban J connectivity index is 1.22. The third-order valence-electron chi connectivity index (χ3n) is 15.4. The summed E-state index contributed by atoms with van der Waals surface area (Å²) in [5, 5.41) is 102. The molecule has 14 atom stereocenters. The van der Waals surface area contributed by atoms with E-state index in [2.05, 4.69) is 33.5 Å². The molecule has 4 aromatic carbocycles. The molecule has 27 nitrogen and oxygen atoms in total. The van der Waals surface area contributed by atoms with Gasteiger partial charge in [-0.1, -0.05) is 80.4 Å². The minimum atomic E-state index is -2.38. The van der Waals surface area contributed by atoms with Crippen molar-refractivity contribution in [3.8, 4) is 33.8 Å². The van der Waals surface area contributed by atoms with E-state index < -0.39 is 165 Å². The summed E-state index contributed by atoms with van der Waals surface area (Å²) in [5.41, 5.74) is 14.4. The molecule has 27 heteroatoms. The normalized spacial score (nSPS) is 25.7. The number of aromatic hydroxyl groups is 1.